The minimum Gasteiger partial charge on any atom is -0.463 e. The summed E-state index contributed by atoms with van der Waals surface area (Å²) in [6.07, 6.45) is 1.30. The smallest absolute Gasteiger partial charge is 0.435 e. The number of rotatable bonds is 7. The molecule has 0 aliphatic carbocycles. The van der Waals surface area contributed by atoms with Crippen molar-refractivity contribution >= 4 is 29.5 Å². The number of halogens is 3. The van der Waals surface area contributed by atoms with Gasteiger partial charge in [-0.05, 0) is 50.1 Å². The third-order valence-corrected chi connectivity index (χ3v) is 3.91. The van der Waals surface area contributed by atoms with Crippen molar-refractivity contribution in [3.63, 3.8) is 0 Å². The second-order valence-corrected chi connectivity index (χ2v) is 5.98. The molecule has 0 spiro atoms. The molecule has 0 amide bonds. The fourth-order valence-electron chi connectivity index (χ4n) is 2.51. The Morgan fingerprint density at radius 2 is 2.03 bits per heavy atom. The van der Waals surface area contributed by atoms with Gasteiger partial charge in [-0.2, -0.15) is 18.3 Å². The Morgan fingerprint density at radius 3 is 2.66 bits per heavy atom. The quantitative estimate of drug-likeness (QED) is 0.372. The molecule has 0 atom stereocenters. The third-order valence-electron chi connectivity index (χ3n) is 3.91. The van der Waals surface area contributed by atoms with Crippen molar-refractivity contribution in [3.05, 3.63) is 59.4 Å². The van der Waals surface area contributed by atoms with Gasteiger partial charge >= 0.3 is 12.1 Å². The third kappa shape index (κ3) is 6.17. The fourth-order valence-corrected chi connectivity index (χ4v) is 2.51. The van der Waals surface area contributed by atoms with E-state index in [0.29, 0.717) is 17.8 Å². The molecule has 0 radical (unpaired) electrons. The van der Waals surface area contributed by atoms with Crippen LogP contribution in [0.4, 0.5) is 13.2 Å². The zero-order valence-electron chi connectivity index (χ0n) is 16.4. The zero-order valence-corrected chi connectivity index (χ0v) is 16.4. The predicted octanol–water partition coefficient (Wildman–Crippen LogP) is 4.96. The number of ether oxygens (including phenoxy) is 1. The lowest BCUT2D eigenvalue weighted by molar-refractivity contribution is -0.141. The van der Waals surface area contributed by atoms with Crippen molar-refractivity contribution in [1.82, 2.24) is 9.78 Å². The Bertz CT molecular complexity index is 941. The van der Waals surface area contributed by atoms with Crippen molar-refractivity contribution in [2.24, 2.45) is 4.99 Å². The van der Waals surface area contributed by atoms with Crippen LogP contribution in [0.3, 0.4) is 0 Å². The van der Waals surface area contributed by atoms with Crippen LogP contribution in [-0.2, 0) is 15.7 Å². The van der Waals surface area contributed by atoms with Crippen LogP contribution >= 0.6 is 0 Å². The molecule has 29 heavy (non-hydrogen) atoms. The summed E-state index contributed by atoms with van der Waals surface area (Å²) >= 11 is 0. The van der Waals surface area contributed by atoms with Gasteiger partial charge in [0.25, 0.3) is 0 Å². The number of hydrogen-bond donors (Lipinski definition) is 0. The standard InChI is InChI=1S/C21H22F3N3O2/c1-4-25-14-18(15(3)27-12-11-19(26-27)21(22,23)24)17-8-6-7-16(13-17)9-10-20(28)29-5-2/h6-14H,4-5H2,1-3H3. The minimum atomic E-state index is -4.51. The van der Waals surface area contributed by atoms with Crippen molar-refractivity contribution in [2.75, 3.05) is 13.2 Å². The van der Waals surface area contributed by atoms with E-state index in [2.05, 4.69) is 10.1 Å². The van der Waals surface area contributed by atoms with Gasteiger partial charge in [0.1, 0.15) is 0 Å². The normalized spacial score (nSPS) is 13.2. The second kappa shape index (κ2) is 9.86. The van der Waals surface area contributed by atoms with Gasteiger partial charge in [0, 0.05) is 36.3 Å². The highest BCUT2D eigenvalue weighted by Crippen LogP contribution is 2.29. The van der Waals surface area contributed by atoms with Crippen LogP contribution in [0.1, 0.15) is 37.6 Å². The molecule has 2 rings (SSSR count). The van der Waals surface area contributed by atoms with Gasteiger partial charge in [0.05, 0.1) is 6.61 Å². The van der Waals surface area contributed by atoms with Gasteiger partial charge < -0.3 is 4.74 Å². The molecule has 154 valence electrons. The number of carbonyl (C=O) groups excluding carboxylic acids is 1. The van der Waals surface area contributed by atoms with Gasteiger partial charge in [-0.25, -0.2) is 9.48 Å². The largest absolute Gasteiger partial charge is 0.463 e. The Labute approximate surface area is 167 Å². The molecular weight excluding hydrogens is 383 g/mol. The number of aliphatic imine (C=N–C) groups is 1. The minimum absolute atomic E-state index is 0.284. The molecular formula is C21H22F3N3O2. The molecule has 0 N–H and O–H groups in total. The summed E-state index contributed by atoms with van der Waals surface area (Å²) in [4.78, 5) is 15.8. The summed E-state index contributed by atoms with van der Waals surface area (Å²) in [5.74, 6) is -0.450. The molecule has 0 bridgehead atoms. The second-order valence-electron chi connectivity index (χ2n) is 5.98. The van der Waals surface area contributed by atoms with Crippen LogP contribution < -0.4 is 0 Å². The van der Waals surface area contributed by atoms with Gasteiger partial charge in [0.15, 0.2) is 5.69 Å². The number of nitrogens with zero attached hydrogens (tertiary/aromatic N) is 3. The Balaban J connectivity index is 2.46. The highest BCUT2D eigenvalue weighted by atomic mass is 19.4. The first-order valence-electron chi connectivity index (χ1n) is 9.05. The number of alkyl halides is 3. The molecule has 0 saturated carbocycles. The summed E-state index contributed by atoms with van der Waals surface area (Å²) in [6, 6.07) is 8.15. The number of carbonyl (C=O) groups is 1. The SMILES string of the molecule is CCN=CC(=C(C)n1ccc(C(F)(F)F)n1)c1cccc(C=CC(=O)OCC)c1. The molecule has 8 heteroatoms. The number of benzene rings is 1. The average molecular weight is 405 g/mol. The van der Waals surface area contributed by atoms with Crippen LogP contribution in [0, 0.1) is 0 Å². The first-order chi connectivity index (χ1) is 13.8. The summed E-state index contributed by atoms with van der Waals surface area (Å²) in [5.41, 5.74) is 1.62. The first kappa shape index (κ1) is 22.1. The number of aromatic nitrogens is 2. The van der Waals surface area contributed by atoms with Crippen molar-refractivity contribution < 1.29 is 22.7 Å². The first-order valence-corrected chi connectivity index (χ1v) is 9.05. The maximum atomic E-state index is 12.9. The molecule has 0 fully saturated rings. The zero-order chi connectivity index (χ0) is 21.4. The maximum Gasteiger partial charge on any atom is 0.435 e. The van der Waals surface area contributed by atoms with Crippen LogP contribution in [-0.4, -0.2) is 35.1 Å². The van der Waals surface area contributed by atoms with Crippen LogP contribution in [0.5, 0.6) is 0 Å². The molecule has 5 nitrogen and oxygen atoms in total. The van der Waals surface area contributed by atoms with Crippen molar-refractivity contribution in [2.45, 2.75) is 26.9 Å². The molecule has 2 aromatic rings. The summed E-state index contributed by atoms with van der Waals surface area (Å²) < 4.78 is 44.7. The number of esters is 1. The molecule has 1 aromatic heterocycles. The average Bonchev–Trinajstić information content (AvgIpc) is 3.18. The molecule has 1 aromatic carbocycles. The van der Waals surface area contributed by atoms with Gasteiger partial charge in [-0.1, -0.05) is 18.2 Å². The molecule has 0 aliphatic heterocycles. The highest BCUT2D eigenvalue weighted by Gasteiger charge is 2.33. The molecule has 0 unspecified atom stereocenters. The highest BCUT2D eigenvalue weighted by molar-refractivity contribution is 6.16. The van der Waals surface area contributed by atoms with Crippen molar-refractivity contribution in [3.8, 4) is 0 Å². The van der Waals surface area contributed by atoms with Crippen LogP contribution in [0.15, 0.2) is 47.6 Å². The van der Waals surface area contributed by atoms with Crippen LogP contribution in [0.2, 0.25) is 0 Å². The monoisotopic (exact) mass is 405 g/mol. The Morgan fingerprint density at radius 1 is 1.28 bits per heavy atom. The van der Waals surface area contributed by atoms with Crippen LogP contribution in [0.25, 0.3) is 17.3 Å². The lowest BCUT2D eigenvalue weighted by Gasteiger charge is -2.10. The predicted molar refractivity (Wildman–Crippen MR) is 107 cm³/mol. The van der Waals surface area contributed by atoms with Crippen molar-refractivity contribution in [1.29, 1.82) is 0 Å². The van der Waals surface area contributed by atoms with E-state index in [1.54, 1.807) is 38.3 Å². The van der Waals surface area contributed by atoms with E-state index in [1.165, 1.54) is 17.0 Å². The van der Waals surface area contributed by atoms with E-state index >= 15 is 0 Å². The topological polar surface area (TPSA) is 56.5 Å². The summed E-state index contributed by atoms with van der Waals surface area (Å²) in [6.45, 7) is 6.06. The van der Waals surface area contributed by atoms with Gasteiger partial charge in [-0.3, -0.25) is 4.99 Å². The number of allylic oxidation sites excluding steroid dienone is 2. The fraction of sp³-hybridized carbons (Fsp3) is 0.286. The van der Waals surface area contributed by atoms with E-state index < -0.39 is 17.8 Å². The molecule has 0 saturated heterocycles. The van der Waals surface area contributed by atoms with E-state index in [0.717, 1.165) is 17.2 Å². The number of hydrogen-bond acceptors (Lipinski definition) is 4. The summed E-state index contributed by atoms with van der Waals surface area (Å²) in [7, 11) is 0. The maximum absolute atomic E-state index is 12.9. The Kier molecular flexibility index (Phi) is 7.52. The lowest BCUT2D eigenvalue weighted by Crippen LogP contribution is -2.08. The van der Waals surface area contributed by atoms with E-state index in [-0.39, 0.29) is 6.61 Å². The van der Waals surface area contributed by atoms with Gasteiger partial charge in [-0.15, -0.1) is 0 Å². The van der Waals surface area contributed by atoms with E-state index in [9.17, 15) is 18.0 Å². The van der Waals surface area contributed by atoms with E-state index in [1.807, 2.05) is 19.1 Å². The van der Waals surface area contributed by atoms with E-state index in [4.69, 9.17) is 4.74 Å². The lowest BCUT2D eigenvalue weighted by atomic mass is 10.0. The molecule has 1 heterocycles. The van der Waals surface area contributed by atoms with Gasteiger partial charge in [0.2, 0.25) is 0 Å². The summed E-state index contributed by atoms with van der Waals surface area (Å²) in [5, 5.41) is 3.64. The Hall–Kier alpha value is -3.16. The molecule has 0 aliphatic rings.